The first kappa shape index (κ1) is 11.0. The number of hydrogen-bond acceptors (Lipinski definition) is 4. The van der Waals surface area contributed by atoms with E-state index in [4.69, 9.17) is 0 Å². The lowest BCUT2D eigenvalue weighted by Crippen LogP contribution is -2.45. The summed E-state index contributed by atoms with van der Waals surface area (Å²) in [6.45, 7) is 3.32. The van der Waals surface area contributed by atoms with Gasteiger partial charge in [-0.1, -0.05) is 0 Å². The number of amides is 1. The van der Waals surface area contributed by atoms with Crippen LogP contribution in [0, 0.1) is 6.92 Å². The van der Waals surface area contributed by atoms with Crippen molar-refractivity contribution >= 4 is 5.91 Å². The summed E-state index contributed by atoms with van der Waals surface area (Å²) >= 11 is 0. The summed E-state index contributed by atoms with van der Waals surface area (Å²) in [4.78, 5) is 19.3. The van der Waals surface area contributed by atoms with Crippen molar-refractivity contribution in [2.45, 2.75) is 32.4 Å². The number of nitrogens with one attached hydrogen (secondary N) is 2. The van der Waals surface area contributed by atoms with Gasteiger partial charge in [0.25, 0.3) is 0 Å². The van der Waals surface area contributed by atoms with Crippen LogP contribution in [0.15, 0.2) is 12.3 Å². The summed E-state index contributed by atoms with van der Waals surface area (Å²) in [6, 6.07) is 2.26. The summed E-state index contributed by atoms with van der Waals surface area (Å²) in [5.41, 5.74) is 0.990. The molecular formula is C11H16N4O. The number of hydrogen-bond donors (Lipinski definition) is 2. The molecular weight excluding hydrogens is 204 g/mol. The zero-order valence-electron chi connectivity index (χ0n) is 9.36. The van der Waals surface area contributed by atoms with E-state index >= 15 is 0 Å². The minimum atomic E-state index is 0.149. The van der Waals surface area contributed by atoms with Gasteiger partial charge in [-0.25, -0.2) is 9.97 Å². The van der Waals surface area contributed by atoms with E-state index in [1.165, 1.54) is 0 Å². The van der Waals surface area contributed by atoms with Crippen molar-refractivity contribution < 1.29 is 4.79 Å². The van der Waals surface area contributed by atoms with Crippen molar-refractivity contribution in [1.29, 1.82) is 0 Å². The molecule has 86 valence electrons. The predicted molar refractivity (Wildman–Crippen MR) is 59.6 cm³/mol. The second kappa shape index (κ2) is 5.03. The van der Waals surface area contributed by atoms with Gasteiger partial charge < -0.3 is 10.6 Å². The molecule has 0 saturated carbocycles. The molecule has 16 heavy (non-hydrogen) atoms. The van der Waals surface area contributed by atoms with E-state index in [-0.39, 0.29) is 5.91 Å². The van der Waals surface area contributed by atoms with Crippen LogP contribution in [0.1, 0.15) is 24.4 Å². The Kier molecular flexibility index (Phi) is 3.46. The van der Waals surface area contributed by atoms with Crippen LogP contribution in [0.2, 0.25) is 0 Å². The van der Waals surface area contributed by atoms with Gasteiger partial charge in [0.15, 0.2) is 0 Å². The van der Waals surface area contributed by atoms with Gasteiger partial charge in [0.05, 0.1) is 5.69 Å². The maximum absolute atomic E-state index is 11.0. The lowest BCUT2D eigenvalue weighted by atomic mass is 10.1. The molecule has 0 spiro atoms. The second-order valence-electron chi connectivity index (χ2n) is 4.02. The third-order valence-corrected chi connectivity index (χ3v) is 2.67. The van der Waals surface area contributed by atoms with E-state index in [1.54, 1.807) is 6.20 Å². The Balaban J connectivity index is 1.81. The number of carbonyl (C=O) groups excluding carboxylic acids is 1. The van der Waals surface area contributed by atoms with Gasteiger partial charge in [-0.3, -0.25) is 4.79 Å². The molecule has 2 rings (SSSR count). The molecule has 0 radical (unpaired) electrons. The summed E-state index contributed by atoms with van der Waals surface area (Å²) < 4.78 is 0. The normalized spacial score (nSPS) is 20.6. The Bertz CT molecular complexity index is 370. The summed E-state index contributed by atoms with van der Waals surface area (Å²) in [6.07, 6.45) is 3.28. The average molecular weight is 220 g/mol. The quantitative estimate of drug-likeness (QED) is 0.761. The predicted octanol–water partition coefficient (Wildman–Crippen LogP) is 0.153. The molecule has 5 nitrogen and oxygen atoms in total. The van der Waals surface area contributed by atoms with E-state index in [1.807, 2.05) is 13.0 Å². The van der Waals surface area contributed by atoms with Gasteiger partial charge in [-0.2, -0.15) is 0 Å². The smallest absolute Gasteiger partial charge is 0.220 e. The Morgan fingerprint density at radius 2 is 2.50 bits per heavy atom. The molecule has 0 aliphatic carbocycles. The summed E-state index contributed by atoms with van der Waals surface area (Å²) in [5, 5.41) is 6.23. The number of nitrogens with zero attached hydrogens (tertiary/aromatic N) is 2. The van der Waals surface area contributed by atoms with Crippen LogP contribution < -0.4 is 10.6 Å². The van der Waals surface area contributed by atoms with Crippen molar-refractivity contribution in [2.24, 2.45) is 0 Å². The minimum Gasteiger partial charge on any atom is -0.355 e. The number of carbonyl (C=O) groups is 1. The standard InChI is InChI=1S/C11H16N4O/c1-8-12-5-4-10(15-8)7-13-9-2-3-11(16)14-6-9/h4-5,9,13H,2-3,6-7H2,1H3,(H,14,16). The third kappa shape index (κ3) is 3.00. The highest BCUT2D eigenvalue weighted by molar-refractivity contribution is 5.76. The zero-order chi connectivity index (χ0) is 11.4. The monoisotopic (exact) mass is 220 g/mol. The van der Waals surface area contributed by atoms with Crippen molar-refractivity contribution in [2.75, 3.05) is 6.54 Å². The Morgan fingerprint density at radius 3 is 3.19 bits per heavy atom. The molecule has 1 atom stereocenters. The maximum atomic E-state index is 11.0. The molecule has 2 N–H and O–H groups in total. The first-order valence-corrected chi connectivity index (χ1v) is 5.52. The van der Waals surface area contributed by atoms with Gasteiger partial charge in [0.1, 0.15) is 5.82 Å². The molecule has 1 amide bonds. The molecule has 1 aliphatic heterocycles. The number of piperidine rings is 1. The molecule has 1 fully saturated rings. The van der Waals surface area contributed by atoms with E-state index in [0.717, 1.165) is 24.5 Å². The van der Waals surface area contributed by atoms with Gasteiger partial charge in [-0.05, 0) is 19.4 Å². The number of aromatic nitrogens is 2. The van der Waals surface area contributed by atoms with E-state index in [9.17, 15) is 4.79 Å². The number of rotatable bonds is 3. The largest absolute Gasteiger partial charge is 0.355 e. The van der Waals surface area contributed by atoms with Crippen molar-refractivity contribution in [1.82, 2.24) is 20.6 Å². The fraction of sp³-hybridized carbons (Fsp3) is 0.545. The lowest BCUT2D eigenvalue weighted by Gasteiger charge is -2.23. The second-order valence-corrected chi connectivity index (χ2v) is 4.02. The highest BCUT2D eigenvalue weighted by Crippen LogP contribution is 2.03. The third-order valence-electron chi connectivity index (χ3n) is 2.67. The van der Waals surface area contributed by atoms with E-state index in [2.05, 4.69) is 20.6 Å². The molecule has 2 heterocycles. The SMILES string of the molecule is Cc1nccc(CNC2CCC(=O)NC2)n1. The number of aryl methyl sites for hydroxylation is 1. The van der Waals surface area contributed by atoms with Crippen LogP contribution in [0.4, 0.5) is 0 Å². The fourth-order valence-electron chi connectivity index (χ4n) is 1.76. The Hall–Kier alpha value is -1.49. The first-order valence-electron chi connectivity index (χ1n) is 5.52. The molecule has 5 heteroatoms. The van der Waals surface area contributed by atoms with Crippen LogP contribution in [0.25, 0.3) is 0 Å². The highest BCUT2D eigenvalue weighted by atomic mass is 16.1. The van der Waals surface area contributed by atoms with Gasteiger partial charge in [-0.15, -0.1) is 0 Å². The van der Waals surface area contributed by atoms with E-state index < -0.39 is 0 Å². The van der Waals surface area contributed by atoms with Crippen LogP contribution in [-0.4, -0.2) is 28.5 Å². The van der Waals surface area contributed by atoms with Crippen LogP contribution in [0.3, 0.4) is 0 Å². The van der Waals surface area contributed by atoms with Gasteiger partial charge >= 0.3 is 0 Å². The first-order chi connectivity index (χ1) is 7.74. The molecule has 1 aromatic rings. The molecule has 0 aromatic carbocycles. The summed E-state index contributed by atoms with van der Waals surface area (Å²) in [5.74, 6) is 0.937. The van der Waals surface area contributed by atoms with Crippen LogP contribution in [0.5, 0.6) is 0 Å². The molecule has 1 unspecified atom stereocenters. The Labute approximate surface area is 94.7 Å². The van der Waals surface area contributed by atoms with Gasteiger partial charge in [0.2, 0.25) is 5.91 Å². The Morgan fingerprint density at radius 1 is 1.62 bits per heavy atom. The molecule has 0 bridgehead atoms. The average Bonchev–Trinajstić information content (AvgIpc) is 2.28. The van der Waals surface area contributed by atoms with Crippen molar-refractivity contribution in [3.63, 3.8) is 0 Å². The van der Waals surface area contributed by atoms with Crippen LogP contribution in [-0.2, 0) is 11.3 Å². The summed E-state index contributed by atoms with van der Waals surface area (Å²) in [7, 11) is 0. The van der Waals surface area contributed by atoms with Gasteiger partial charge in [0, 0.05) is 31.7 Å². The minimum absolute atomic E-state index is 0.149. The molecule has 1 aliphatic rings. The molecule has 1 saturated heterocycles. The fourth-order valence-corrected chi connectivity index (χ4v) is 1.76. The maximum Gasteiger partial charge on any atom is 0.220 e. The zero-order valence-corrected chi connectivity index (χ0v) is 9.36. The van der Waals surface area contributed by atoms with E-state index in [0.29, 0.717) is 19.0 Å². The van der Waals surface area contributed by atoms with Crippen molar-refractivity contribution in [3.05, 3.63) is 23.8 Å². The van der Waals surface area contributed by atoms with Crippen molar-refractivity contribution in [3.8, 4) is 0 Å². The molecule has 1 aromatic heterocycles. The lowest BCUT2D eigenvalue weighted by molar-refractivity contribution is -0.122. The van der Waals surface area contributed by atoms with Crippen LogP contribution >= 0.6 is 0 Å². The highest BCUT2D eigenvalue weighted by Gasteiger charge is 2.17. The topological polar surface area (TPSA) is 66.9 Å².